The van der Waals surface area contributed by atoms with Gasteiger partial charge in [0.15, 0.2) is 5.43 Å². The predicted molar refractivity (Wildman–Crippen MR) is 128 cm³/mol. The molecule has 174 valence electrons. The van der Waals surface area contributed by atoms with Gasteiger partial charge in [0, 0.05) is 22.4 Å². The Morgan fingerprint density at radius 1 is 1.06 bits per heavy atom. The first-order chi connectivity index (χ1) is 16.2. The third-order valence-corrected chi connectivity index (χ3v) is 5.82. The zero-order valence-electron chi connectivity index (χ0n) is 18.9. The van der Waals surface area contributed by atoms with Crippen molar-refractivity contribution in [1.82, 2.24) is 0 Å². The highest BCUT2D eigenvalue weighted by atomic mass is 19.1. The van der Waals surface area contributed by atoms with Crippen molar-refractivity contribution >= 4 is 22.6 Å². The minimum absolute atomic E-state index is 0.0604. The molecular weight excluding hydrogens is 440 g/mol. The molecule has 0 aliphatic carbocycles. The molecule has 7 heteroatoms. The second-order valence-electron chi connectivity index (χ2n) is 8.22. The molecule has 0 spiro atoms. The first-order valence-electron chi connectivity index (χ1n) is 10.8. The number of halogens is 2. The molecule has 4 rings (SSSR count). The van der Waals surface area contributed by atoms with E-state index in [2.05, 4.69) is 5.32 Å². The van der Waals surface area contributed by atoms with Gasteiger partial charge in [-0.2, -0.15) is 0 Å². The van der Waals surface area contributed by atoms with Crippen LogP contribution in [0.1, 0.15) is 53.1 Å². The highest BCUT2D eigenvalue weighted by Crippen LogP contribution is 2.33. The fraction of sp³-hybridized carbons (Fsp3) is 0.185. The zero-order valence-corrected chi connectivity index (χ0v) is 18.9. The number of carboxylic acid groups (broad SMARTS) is 1. The molecule has 2 unspecified atom stereocenters. The number of para-hydroxylation sites is 1. The standard InChI is InChI=1S/C27H23F2NO4/c1-14-24(31)22-13-19(29)12-21(16(3)30-23-10-5-4-9-20(23)27(32)33)26(22)34-25(14)18-8-6-7-17(11-18)15(2)28/h4-13,15-16,30H,1-3H3,(H,32,33). The largest absolute Gasteiger partial charge is 0.478 e. The smallest absolute Gasteiger partial charge is 0.337 e. The molecule has 0 saturated heterocycles. The number of fused-ring (bicyclic) bond motifs is 1. The topological polar surface area (TPSA) is 79.5 Å². The van der Waals surface area contributed by atoms with Gasteiger partial charge in [-0.1, -0.05) is 30.3 Å². The highest BCUT2D eigenvalue weighted by molar-refractivity contribution is 5.94. The number of carboxylic acids is 1. The summed E-state index contributed by atoms with van der Waals surface area (Å²) in [6.07, 6.45) is -1.20. The molecule has 0 fully saturated rings. The molecule has 1 aromatic heterocycles. The Morgan fingerprint density at radius 3 is 2.50 bits per heavy atom. The Morgan fingerprint density at radius 2 is 1.79 bits per heavy atom. The van der Waals surface area contributed by atoms with Crippen LogP contribution in [0.2, 0.25) is 0 Å². The number of benzene rings is 3. The number of aromatic carboxylic acids is 1. The van der Waals surface area contributed by atoms with Crippen LogP contribution in [0.25, 0.3) is 22.3 Å². The number of rotatable bonds is 6. The molecule has 34 heavy (non-hydrogen) atoms. The molecule has 1 heterocycles. The van der Waals surface area contributed by atoms with Crippen molar-refractivity contribution in [2.24, 2.45) is 0 Å². The third-order valence-electron chi connectivity index (χ3n) is 5.82. The molecule has 0 aliphatic heterocycles. The molecule has 2 atom stereocenters. The van der Waals surface area contributed by atoms with E-state index in [0.29, 0.717) is 22.4 Å². The fourth-order valence-corrected chi connectivity index (χ4v) is 4.01. The van der Waals surface area contributed by atoms with Crippen LogP contribution in [0.15, 0.2) is 69.9 Å². The van der Waals surface area contributed by atoms with Crippen LogP contribution in [-0.2, 0) is 0 Å². The number of anilines is 1. The van der Waals surface area contributed by atoms with E-state index in [0.717, 1.165) is 6.07 Å². The quantitative estimate of drug-likeness (QED) is 0.328. The van der Waals surface area contributed by atoms with Gasteiger partial charge in [-0.3, -0.25) is 4.79 Å². The van der Waals surface area contributed by atoms with E-state index in [1.54, 1.807) is 56.3 Å². The van der Waals surface area contributed by atoms with Crippen molar-refractivity contribution in [3.63, 3.8) is 0 Å². The Labute approximate surface area is 194 Å². The molecule has 0 radical (unpaired) electrons. The molecule has 4 aromatic rings. The summed E-state index contributed by atoms with van der Waals surface area (Å²) in [7, 11) is 0. The molecule has 5 nitrogen and oxygen atoms in total. The van der Waals surface area contributed by atoms with Gasteiger partial charge in [-0.25, -0.2) is 13.6 Å². The van der Waals surface area contributed by atoms with E-state index in [-0.39, 0.29) is 27.9 Å². The zero-order chi connectivity index (χ0) is 24.6. The molecule has 2 N–H and O–H groups in total. The summed E-state index contributed by atoms with van der Waals surface area (Å²) in [6.45, 7) is 4.73. The Balaban J connectivity index is 1.89. The average molecular weight is 463 g/mol. The Kier molecular flexibility index (Phi) is 6.20. The Hall–Kier alpha value is -4.00. The number of hydrogen-bond donors (Lipinski definition) is 2. The van der Waals surface area contributed by atoms with Crippen LogP contribution in [0.4, 0.5) is 14.5 Å². The summed E-state index contributed by atoms with van der Waals surface area (Å²) < 4.78 is 34.6. The summed E-state index contributed by atoms with van der Waals surface area (Å²) in [5.41, 5.74) is 1.80. The number of nitrogens with one attached hydrogen (secondary N) is 1. The van der Waals surface area contributed by atoms with Crippen molar-refractivity contribution in [2.45, 2.75) is 33.0 Å². The van der Waals surface area contributed by atoms with E-state index in [1.165, 1.54) is 19.1 Å². The number of carbonyl (C=O) groups is 1. The summed E-state index contributed by atoms with van der Waals surface area (Å²) in [6, 6.07) is 14.8. The van der Waals surface area contributed by atoms with E-state index in [9.17, 15) is 23.5 Å². The van der Waals surface area contributed by atoms with Gasteiger partial charge in [-0.15, -0.1) is 0 Å². The summed E-state index contributed by atoms with van der Waals surface area (Å²) in [5.74, 6) is -1.45. The van der Waals surface area contributed by atoms with Gasteiger partial charge in [0.2, 0.25) is 0 Å². The van der Waals surface area contributed by atoms with Crippen molar-refractivity contribution in [3.05, 3.63) is 99.0 Å². The number of hydrogen-bond acceptors (Lipinski definition) is 4. The second kappa shape index (κ2) is 9.09. The van der Waals surface area contributed by atoms with Crippen LogP contribution in [0.5, 0.6) is 0 Å². The Bertz CT molecular complexity index is 1460. The van der Waals surface area contributed by atoms with Gasteiger partial charge in [-0.05, 0) is 56.7 Å². The van der Waals surface area contributed by atoms with Gasteiger partial charge in [0.25, 0.3) is 0 Å². The lowest BCUT2D eigenvalue weighted by molar-refractivity contribution is 0.0698. The summed E-state index contributed by atoms with van der Waals surface area (Å²) in [5, 5.41) is 12.6. The summed E-state index contributed by atoms with van der Waals surface area (Å²) >= 11 is 0. The van der Waals surface area contributed by atoms with E-state index >= 15 is 0 Å². The van der Waals surface area contributed by atoms with Crippen LogP contribution in [0.3, 0.4) is 0 Å². The van der Waals surface area contributed by atoms with Crippen LogP contribution >= 0.6 is 0 Å². The van der Waals surface area contributed by atoms with Crippen molar-refractivity contribution in [3.8, 4) is 11.3 Å². The number of alkyl halides is 1. The monoisotopic (exact) mass is 463 g/mol. The van der Waals surface area contributed by atoms with E-state index in [4.69, 9.17) is 4.42 Å². The highest BCUT2D eigenvalue weighted by Gasteiger charge is 2.21. The first kappa shape index (κ1) is 23.2. The minimum Gasteiger partial charge on any atom is -0.478 e. The molecule has 0 amide bonds. The summed E-state index contributed by atoms with van der Waals surface area (Å²) in [4.78, 5) is 24.7. The van der Waals surface area contributed by atoms with Gasteiger partial charge in [0.05, 0.1) is 17.0 Å². The van der Waals surface area contributed by atoms with Crippen molar-refractivity contribution in [1.29, 1.82) is 0 Å². The molecule has 0 bridgehead atoms. The van der Waals surface area contributed by atoms with Crippen molar-refractivity contribution in [2.75, 3.05) is 5.32 Å². The lowest BCUT2D eigenvalue weighted by Crippen LogP contribution is -2.14. The van der Waals surface area contributed by atoms with Gasteiger partial charge >= 0.3 is 5.97 Å². The maximum Gasteiger partial charge on any atom is 0.337 e. The van der Waals surface area contributed by atoms with Gasteiger partial charge < -0.3 is 14.8 Å². The van der Waals surface area contributed by atoms with Crippen LogP contribution in [-0.4, -0.2) is 11.1 Å². The average Bonchev–Trinajstić information content (AvgIpc) is 2.81. The minimum atomic E-state index is -1.20. The maximum atomic E-state index is 14.5. The van der Waals surface area contributed by atoms with Crippen molar-refractivity contribution < 1.29 is 23.1 Å². The SMILES string of the molecule is Cc1c(-c2cccc(C(C)F)c2)oc2c(C(C)Nc3ccccc3C(=O)O)cc(F)cc2c1=O. The third kappa shape index (κ3) is 4.29. The van der Waals surface area contributed by atoms with Crippen LogP contribution < -0.4 is 10.7 Å². The van der Waals surface area contributed by atoms with Crippen LogP contribution in [0, 0.1) is 12.7 Å². The maximum absolute atomic E-state index is 14.5. The van der Waals surface area contributed by atoms with Gasteiger partial charge in [0.1, 0.15) is 23.3 Å². The lowest BCUT2D eigenvalue weighted by Gasteiger charge is -2.19. The lowest BCUT2D eigenvalue weighted by atomic mass is 9.99. The fourth-order valence-electron chi connectivity index (χ4n) is 4.01. The second-order valence-corrected chi connectivity index (χ2v) is 8.22. The first-order valence-corrected chi connectivity index (χ1v) is 10.8. The van der Waals surface area contributed by atoms with E-state index in [1.807, 2.05) is 0 Å². The molecular formula is C27H23F2NO4. The molecule has 0 aliphatic rings. The normalized spacial score (nSPS) is 13.0. The molecule has 3 aromatic carbocycles. The predicted octanol–water partition coefficient (Wildman–Crippen LogP) is 6.81. The van der Waals surface area contributed by atoms with E-state index < -0.39 is 29.4 Å². The molecule has 0 saturated carbocycles.